The van der Waals surface area contributed by atoms with E-state index in [4.69, 9.17) is 4.74 Å². The molecule has 5 rings (SSSR count). The number of ether oxygens (including phenoxy) is 1. The molecule has 4 aromatic rings. The molecule has 0 aliphatic carbocycles. The molecule has 0 spiro atoms. The number of phenols is 2. The molecular formula is C27H28ClNO3S2. The fourth-order valence-corrected chi connectivity index (χ4v) is 6.62. The van der Waals surface area contributed by atoms with Gasteiger partial charge >= 0.3 is 0 Å². The first kappa shape index (κ1) is 24.7. The lowest BCUT2D eigenvalue weighted by Crippen LogP contribution is -2.33. The van der Waals surface area contributed by atoms with E-state index in [9.17, 15) is 10.2 Å². The lowest BCUT2D eigenvalue weighted by atomic mass is 10.1. The van der Waals surface area contributed by atoms with Gasteiger partial charge in [0.1, 0.15) is 23.9 Å². The summed E-state index contributed by atoms with van der Waals surface area (Å²) in [6, 6.07) is 21.1. The molecular weight excluding hydrogens is 486 g/mol. The summed E-state index contributed by atoms with van der Waals surface area (Å²) < 4.78 is 7.03. The SMILES string of the molecule is Cl.Oc1ccc(-c2sc3cc(O)ccc3c2Sc2ccc(OCCN3CCCCC3)cc2)cc1. The summed E-state index contributed by atoms with van der Waals surface area (Å²) in [6.07, 6.45) is 3.95. The number of halogens is 1. The number of piperidine rings is 1. The van der Waals surface area contributed by atoms with Crippen LogP contribution in [0.25, 0.3) is 20.5 Å². The van der Waals surface area contributed by atoms with Gasteiger partial charge in [-0.2, -0.15) is 0 Å². The first-order valence-corrected chi connectivity index (χ1v) is 13.0. The van der Waals surface area contributed by atoms with E-state index in [1.165, 1.54) is 32.4 Å². The smallest absolute Gasteiger partial charge is 0.119 e. The summed E-state index contributed by atoms with van der Waals surface area (Å²) in [4.78, 5) is 5.89. The molecule has 1 saturated heterocycles. The van der Waals surface area contributed by atoms with E-state index in [2.05, 4.69) is 17.0 Å². The Morgan fingerprint density at radius 1 is 0.853 bits per heavy atom. The molecule has 3 aromatic carbocycles. The monoisotopic (exact) mass is 513 g/mol. The van der Waals surface area contributed by atoms with Gasteiger partial charge in [-0.3, -0.25) is 4.90 Å². The predicted molar refractivity (Wildman–Crippen MR) is 144 cm³/mol. The fourth-order valence-electron chi connectivity index (χ4n) is 4.16. The number of hydrogen-bond donors (Lipinski definition) is 2. The maximum atomic E-state index is 9.96. The van der Waals surface area contributed by atoms with Crippen LogP contribution in [0.3, 0.4) is 0 Å². The van der Waals surface area contributed by atoms with Crippen molar-refractivity contribution in [1.29, 1.82) is 0 Å². The van der Waals surface area contributed by atoms with E-state index >= 15 is 0 Å². The average molecular weight is 514 g/mol. The summed E-state index contributed by atoms with van der Waals surface area (Å²) in [5, 5.41) is 20.8. The Morgan fingerprint density at radius 3 is 2.29 bits per heavy atom. The van der Waals surface area contributed by atoms with E-state index in [-0.39, 0.29) is 23.9 Å². The molecule has 0 atom stereocenters. The van der Waals surface area contributed by atoms with E-state index in [0.717, 1.165) is 49.2 Å². The number of thiophene rings is 1. The third kappa shape index (κ3) is 5.81. The molecule has 0 saturated carbocycles. The minimum atomic E-state index is 0. The Hall–Kier alpha value is -2.38. The number of rotatable bonds is 7. The Labute approximate surface area is 214 Å². The van der Waals surface area contributed by atoms with Gasteiger partial charge in [-0.05, 0) is 98.2 Å². The van der Waals surface area contributed by atoms with Gasteiger partial charge in [0, 0.05) is 31.3 Å². The van der Waals surface area contributed by atoms with Crippen LogP contribution < -0.4 is 4.74 Å². The molecule has 178 valence electrons. The summed E-state index contributed by atoms with van der Waals surface area (Å²) in [7, 11) is 0. The van der Waals surface area contributed by atoms with E-state index in [1.807, 2.05) is 36.4 Å². The Morgan fingerprint density at radius 2 is 1.56 bits per heavy atom. The zero-order valence-electron chi connectivity index (χ0n) is 18.8. The quantitative estimate of drug-likeness (QED) is 0.269. The summed E-state index contributed by atoms with van der Waals surface area (Å²) in [5.74, 6) is 1.42. The van der Waals surface area contributed by atoms with Crippen LogP contribution in [0.4, 0.5) is 0 Å². The molecule has 0 radical (unpaired) electrons. The van der Waals surface area contributed by atoms with Gasteiger partial charge < -0.3 is 14.9 Å². The van der Waals surface area contributed by atoms with Crippen molar-refractivity contribution < 1.29 is 14.9 Å². The maximum absolute atomic E-state index is 9.96. The molecule has 0 unspecified atom stereocenters. The van der Waals surface area contributed by atoms with Gasteiger partial charge in [-0.15, -0.1) is 23.7 Å². The first-order valence-electron chi connectivity index (χ1n) is 11.3. The van der Waals surface area contributed by atoms with Gasteiger partial charge in [0.05, 0.1) is 0 Å². The minimum absolute atomic E-state index is 0. The molecule has 34 heavy (non-hydrogen) atoms. The lowest BCUT2D eigenvalue weighted by Gasteiger charge is -2.26. The lowest BCUT2D eigenvalue weighted by molar-refractivity contribution is 0.183. The molecule has 4 nitrogen and oxygen atoms in total. The van der Waals surface area contributed by atoms with Gasteiger partial charge in [-0.25, -0.2) is 0 Å². The second-order valence-corrected chi connectivity index (χ2v) is 10.4. The Kier molecular flexibility index (Phi) is 8.27. The van der Waals surface area contributed by atoms with Crippen LogP contribution in [-0.4, -0.2) is 41.4 Å². The van der Waals surface area contributed by atoms with E-state index in [0.29, 0.717) is 0 Å². The highest BCUT2D eigenvalue weighted by Gasteiger charge is 2.16. The number of hydrogen-bond acceptors (Lipinski definition) is 6. The Bertz CT molecular complexity index is 1220. The van der Waals surface area contributed by atoms with Crippen LogP contribution in [0.2, 0.25) is 0 Å². The summed E-state index contributed by atoms with van der Waals surface area (Å²) in [6.45, 7) is 4.08. The van der Waals surface area contributed by atoms with Crippen LogP contribution in [-0.2, 0) is 0 Å². The topological polar surface area (TPSA) is 52.9 Å². The van der Waals surface area contributed by atoms with Crippen molar-refractivity contribution >= 4 is 45.6 Å². The van der Waals surface area contributed by atoms with Crippen molar-refractivity contribution in [2.45, 2.75) is 29.1 Å². The molecule has 2 N–H and O–H groups in total. The van der Waals surface area contributed by atoms with Gasteiger partial charge in [0.15, 0.2) is 0 Å². The molecule has 1 aromatic heterocycles. The fraction of sp³-hybridized carbons (Fsp3) is 0.259. The van der Waals surface area contributed by atoms with Crippen molar-refractivity contribution in [3.05, 3.63) is 66.7 Å². The normalized spacial score (nSPS) is 14.1. The number of likely N-dealkylation sites (tertiary alicyclic amines) is 1. The second-order valence-electron chi connectivity index (χ2n) is 8.31. The second kappa shape index (κ2) is 11.4. The zero-order valence-corrected chi connectivity index (χ0v) is 21.2. The predicted octanol–water partition coefficient (Wildman–Crippen LogP) is 7.42. The van der Waals surface area contributed by atoms with Gasteiger partial charge in [-0.1, -0.05) is 18.2 Å². The molecule has 7 heteroatoms. The highest BCUT2D eigenvalue weighted by Crippen LogP contribution is 2.47. The van der Waals surface area contributed by atoms with Crippen LogP contribution in [0, 0.1) is 0 Å². The average Bonchev–Trinajstić information content (AvgIpc) is 3.18. The van der Waals surface area contributed by atoms with Crippen molar-refractivity contribution in [1.82, 2.24) is 4.90 Å². The number of phenolic OH excluding ortho intramolecular Hbond substituents is 2. The summed E-state index contributed by atoms with van der Waals surface area (Å²) in [5.41, 5.74) is 1.05. The van der Waals surface area contributed by atoms with Crippen molar-refractivity contribution in [3.63, 3.8) is 0 Å². The van der Waals surface area contributed by atoms with Crippen LogP contribution in [0.5, 0.6) is 17.2 Å². The number of nitrogens with zero attached hydrogens (tertiary/aromatic N) is 1. The number of benzene rings is 3. The third-order valence-electron chi connectivity index (χ3n) is 5.93. The van der Waals surface area contributed by atoms with Gasteiger partial charge in [0.25, 0.3) is 0 Å². The standard InChI is InChI=1S/C27H27NO3S2.ClH/c29-20-6-4-19(5-7-20)26-27(24-13-8-21(30)18-25(24)33-26)32-23-11-9-22(10-12-23)31-17-16-28-14-2-1-3-15-28;/h4-13,18,29-30H,1-3,14-17H2;1H. The molecule has 2 heterocycles. The van der Waals surface area contributed by atoms with Crippen molar-refractivity contribution in [2.75, 3.05) is 26.2 Å². The highest BCUT2D eigenvalue weighted by molar-refractivity contribution is 8.00. The third-order valence-corrected chi connectivity index (χ3v) is 8.39. The largest absolute Gasteiger partial charge is 0.508 e. The molecule has 1 fully saturated rings. The van der Waals surface area contributed by atoms with E-state index < -0.39 is 0 Å². The molecule has 1 aliphatic heterocycles. The first-order chi connectivity index (χ1) is 16.2. The van der Waals surface area contributed by atoms with Crippen LogP contribution in [0.15, 0.2) is 76.5 Å². The highest BCUT2D eigenvalue weighted by atomic mass is 35.5. The van der Waals surface area contributed by atoms with Crippen molar-refractivity contribution in [2.24, 2.45) is 0 Å². The maximum Gasteiger partial charge on any atom is 0.119 e. The molecule has 0 bridgehead atoms. The zero-order chi connectivity index (χ0) is 22.6. The molecule has 0 amide bonds. The van der Waals surface area contributed by atoms with Crippen LogP contribution in [0.1, 0.15) is 19.3 Å². The van der Waals surface area contributed by atoms with E-state index in [1.54, 1.807) is 41.3 Å². The summed E-state index contributed by atoms with van der Waals surface area (Å²) >= 11 is 3.37. The van der Waals surface area contributed by atoms with Gasteiger partial charge in [0.2, 0.25) is 0 Å². The number of aromatic hydroxyl groups is 2. The minimum Gasteiger partial charge on any atom is -0.508 e. The Balaban J connectivity index is 0.00000274. The molecule has 1 aliphatic rings. The number of fused-ring (bicyclic) bond motifs is 1. The van der Waals surface area contributed by atoms with Crippen LogP contribution >= 0.6 is 35.5 Å². The van der Waals surface area contributed by atoms with Crippen molar-refractivity contribution in [3.8, 4) is 27.7 Å².